The van der Waals surface area contributed by atoms with Crippen LogP contribution in [0.4, 0.5) is 11.4 Å². The number of carbonyl (C=O) groups is 2. The lowest BCUT2D eigenvalue weighted by Gasteiger charge is -2.30. The van der Waals surface area contributed by atoms with Gasteiger partial charge < -0.3 is 19.7 Å². The average molecular weight is 433 g/mol. The quantitative estimate of drug-likeness (QED) is 0.681. The molecule has 1 fully saturated rings. The zero-order valence-electron chi connectivity index (χ0n) is 17.6. The smallest absolute Gasteiger partial charge is 0.340 e. The number of nitrogens with zero attached hydrogens (tertiary/aromatic N) is 1. The lowest BCUT2D eigenvalue weighted by atomic mass is 10.0. The first-order valence-corrected chi connectivity index (χ1v) is 10.0. The number of carbonyl (C=O) groups excluding carboxylic acids is 2. The third kappa shape index (κ3) is 5.74. The van der Waals surface area contributed by atoms with E-state index in [9.17, 15) is 9.59 Å². The van der Waals surface area contributed by atoms with Crippen molar-refractivity contribution >= 4 is 35.7 Å². The van der Waals surface area contributed by atoms with Crippen molar-refractivity contribution in [3.05, 3.63) is 59.2 Å². The van der Waals surface area contributed by atoms with Gasteiger partial charge >= 0.3 is 5.97 Å². The largest absolute Gasteiger partial charge is 0.462 e. The van der Waals surface area contributed by atoms with Crippen LogP contribution in [0.25, 0.3) is 0 Å². The highest BCUT2D eigenvalue weighted by atomic mass is 35.5. The summed E-state index contributed by atoms with van der Waals surface area (Å²) >= 11 is 0. The monoisotopic (exact) mass is 432 g/mol. The first-order chi connectivity index (χ1) is 14.0. The van der Waals surface area contributed by atoms with E-state index in [0.717, 1.165) is 5.69 Å². The fourth-order valence-electron chi connectivity index (χ4n) is 3.29. The second-order valence-electron chi connectivity index (χ2n) is 7.28. The van der Waals surface area contributed by atoms with Gasteiger partial charge in [-0.25, -0.2) is 4.79 Å². The molecule has 1 aliphatic rings. The minimum atomic E-state index is -0.397. The van der Waals surface area contributed by atoms with Crippen molar-refractivity contribution in [2.45, 2.75) is 26.7 Å². The third-order valence-corrected chi connectivity index (χ3v) is 4.94. The molecule has 162 valence electrons. The van der Waals surface area contributed by atoms with Gasteiger partial charge in [0.1, 0.15) is 0 Å². The predicted octanol–water partition coefficient (Wildman–Crippen LogP) is 4.50. The van der Waals surface area contributed by atoms with Crippen molar-refractivity contribution in [3.63, 3.8) is 0 Å². The van der Waals surface area contributed by atoms with Gasteiger partial charge in [-0.3, -0.25) is 4.79 Å². The minimum Gasteiger partial charge on any atom is -0.462 e. The number of esters is 1. The normalized spacial score (nSPS) is 13.5. The van der Waals surface area contributed by atoms with Crippen molar-refractivity contribution in [2.75, 3.05) is 43.1 Å². The molecule has 7 heteroatoms. The Bertz CT molecular complexity index is 862. The van der Waals surface area contributed by atoms with E-state index in [1.54, 1.807) is 13.0 Å². The third-order valence-electron chi connectivity index (χ3n) is 4.94. The van der Waals surface area contributed by atoms with Crippen LogP contribution in [0.15, 0.2) is 42.5 Å². The van der Waals surface area contributed by atoms with E-state index in [2.05, 4.69) is 24.1 Å². The first kappa shape index (κ1) is 23.7. The van der Waals surface area contributed by atoms with Crippen molar-refractivity contribution in [2.24, 2.45) is 0 Å². The standard InChI is InChI=1S/C23H28N2O4.ClH/c1-4-29-23(27)20-15-19(9-10-21(20)25-11-13-28-14-12-25)24-22(26)18-7-5-17(6-8-18)16(2)3;/h5-10,15-16H,4,11-14H2,1-3H3,(H,24,26);1H. The van der Waals surface area contributed by atoms with Gasteiger partial charge in [0.2, 0.25) is 0 Å². The van der Waals surface area contributed by atoms with Crippen LogP contribution in [0.1, 0.15) is 53.0 Å². The van der Waals surface area contributed by atoms with Gasteiger partial charge in [-0.2, -0.15) is 0 Å². The van der Waals surface area contributed by atoms with Crippen molar-refractivity contribution in [1.29, 1.82) is 0 Å². The number of anilines is 2. The van der Waals surface area contributed by atoms with Gasteiger partial charge in [-0.05, 0) is 48.7 Å². The van der Waals surface area contributed by atoms with Crippen LogP contribution >= 0.6 is 12.4 Å². The van der Waals surface area contributed by atoms with E-state index in [0.29, 0.717) is 55.6 Å². The summed E-state index contributed by atoms with van der Waals surface area (Å²) in [5, 5.41) is 2.88. The predicted molar refractivity (Wildman–Crippen MR) is 121 cm³/mol. The number of ether oxygens (including phenoxy) is 2. The molecule has 1 aliphatic heterocycles. The number of hydrogen-bond donors (Lipinski definition) is 1. The Kier molecular flexibility index (Phi) is 8.69. The second kappa shape index (κ2) is 11.0. The Morgan fingerprint density at radius 3 is 2.37 bits per heavy atom. The van der Waals surface area contributed by atoms with Crippen LogP contribution in [0.2, 0.25) is 0 Å². The maximum Gasteiger partial charge on any atom is 0.340 e. The Balaban J connectivity index is 0.00000320. The molecular weight excluding hydrogens is 404 g/mol. The zero-order chi connectivity index (χ0) is 20.8. The summed E-state index contributed by atoms with van der Waals surface area (Å²) in [6.07, 6.45) is 0. The van der Waals surface area contributed by atoms with E-state index < -0.39 is 5.97 Å². The molecule has 2 aromatic rings. The van der Waals surface area contributed by atoms with Gasteiger partial charge in [0.15, 0.2) is 0 Å². The van der Waals surface area contributed by atoms with Crippen LogP contribution in [0.5, 0.6) is 0 Å². The molecular formula is C23H29ClN2O4. The number of morpholine rings is 1. The van der Waals surface area contributed by atoms with Crippen LogP contribution in [0, 0.1) is 0 Å². The van der Waals surface area contributed by atoms with E-state index in [1.165, 1.54) is 5.56 Å². The summed E-state index contributed by atoms with van der Waals surface area (Å²) in [5.41, 5.74) is 3.56. The molecule has 3 rings (SSSR count). The molecule has 0 spiro atoms. The lowest BCUT2D eigenvalue weighted by molar-refractivity contribution is 0.0526. The molecule has 1 heterocycles. The van der Waals surface area contributed by atoms with Gasteiger partial charge in [0.05, 0.1) is 31.1 Å². The highest BCUT2D eigenvalue weighted by molar-refractivity contribution is 6.05. The van der Waals surface area contributed by atoms with Gasteiger partial charge in [-0.1, -0.05) is 26.0 Å². The summed E-state index contributed by atoms with van der Waals surface area (Å²) < 4.78 is 10.6. The molecule has 2 aromatic carbocycles. The molecule has 1 amide bonds. The summed E-state index contributed by atoms with van der Waals surface area (Å²) in [6.45, 7) is 8.95. The molecule has 1 saturated heterocycles. The van der Waals surface area contributed by atoms with Crippen molar-refractivity contribution in [1.82, 2.24) is 0 Å². The Hall–Kier alpha value is -2.57. The first-order valence-electron chi connectivity index (χ1n) is 10.0. The Morgan fingerprint density at radius 1 is 1.10 bits per heavy atom. The number of rotatable bonds is 6. The average Bonchev–Trinajstić information content (AvgIpc) is 2.74. The molecule has 6 nitrogen and oxygen atoms in total. The van der Waals surface area contributed by atoms with E-state index in [4.69, 9.17) is 9.47 Å². The van der Waals surface area contributed by atoms with Crippen LogP contribution in [0.3, 0.4) is 0 Å². The van der Waals surface area contributed by atoms with Gasteiger partial charge in [-0.15, -0.1) is 12.4 Å². The number of nitrogens with one attached hydrogen (secondary N) is 1. The number of amides is 1. The zero-order valence-corrected chi connectivity index (χ0v) is 18.5. The minimum absolute atomic E-state index is 0. The lowest BCUT2D eigenvalue weighted by Crippen LogP contribution is -2.37. The van der Waals surface area contributed by atoms with E-state index >= 15 is 0 Å². The Morgan fingerprint density at radius 2 is 1.77 bits per heavy atom. The summed E-state index contributed by atoms with van der Waals surface area (Å²) in [4.78, 5) is 27.3. The molecule has 0 aliphatic carbocycles. The summed E-state index contributed by atoms with van der Waals surface area (Å²) in [5.74, 6) is -0.201. The molecule has 0 saturated carbocycles. The fourth-order valence-corrected chi connectivity index (χ4v) is 3.29. The Labute approximate surface area is 184 Å². The molecule has 0 aromatic heterocycles. The fraction of sp³-hybridized carbons (Fsp3) is 0.391. The molecule has 0 unspecified atom stereocenters. The molecule has 1 N–H and O–H groups in total. The molecule has 0 atom stereocenters. The molecule has 0 radical (unpaired) electrons. The SMILES string of the molecule is CCOC(=O)c1cc(NC(=O)c2ccc(C(C)C)cc2)ccc1N1CCOCC1.Cl. The van der Waals surface area contributed by atoms with Crippen molar-refractivity contribution < 1.29 is 19.1 Å². The van der Waals surface area contributed by atoms with Crippen molar-refractivity contribution in [3.8, 4) is 0 Å². The van der Waals surface area contributed by atoms with E-state index in [-0.39, 0.29) is 18.3 Å². The van der Waals surface area contributed by atoms with E-state index in [1.807, 2.05) is 36.4 Å². The summed E-state index contributed by atoms with van der Waals surface area (Å²) in [6, 6.07) is 12.9. The number of hydrogen-bond acceptors (Lipinski definition) is 5. The topological polar surface area (TPSA) is 67.9 Å². The molecule has 0 bridgehead atoms. The van der Waals surface area contributed by atoms with Gasteiger partial charge in [0.25, 0.3) is 5.91 Å². The maximum atomic E-state index is 12.6. The van der Waals surface area contributed by atoms with Gasteiger partial charge in [0, 0.05) is 24.3 Å². The maximum absolute atomic E-state index is 12.6. The molecule has 30 heavy (non-hydrogen) atoms. The number of halogens is 1. The second-order valence-corrected chi connectivity index (χ2v) is 7.28. The van der Waals surface area contributed by atoms with Crippen LogP contribution in [-0.2, 0) is 9.47 Å². The highest BCUT2D eigenvalue weighted by Crippen LogP contribution is 2.27. The summed E-state index contributed by atoms with van der Waals surface area (Å²) in [7, 11) is 0. The highest BCUT2D eigenvalue weighted by Gasteiger charge is 2.21. The van der Waals surface area contributed by atoms with Crippen LogP contribution < -0.4 is 10.2 Å². The number of benzene rings is 2. The van der Waals surface area contributed by atoms with Crippen LogP contribution in [-0.4, -0.2) is 44.8 Å².